The summed E-state index contributed by atoms with van der Waals surface area (Å²) in [5.74, 6) is -1.15. The summed E-state index contributed by atoms with van der Waals surface area (Å²) in [5, 5.41) is 2.60. The average Bonchev–Trinajstić information content (AvgIpc) is 2.46. The molecule has 4 nitrogen and oxygen atoms in total. The summed E-state index contributed by atoms with van der Waals surface area (Å²) in [5.41, 5.74) is 1.24. The van der Waals surface area contributed by atoms with Gasteiger partial charge in [0.15, 0.2) is 0 Å². The Kier molecular flexibility index (Phi) is 4.66. The molecule has 0 radical (unpaired) electrons. The normalized spacial score (nSPS) is 10.0. The molecule has 21 heavy (non-hydrogen) atoms. The number of nitrogens with one attached hydrogen (secondary N) is 1. The van der Waals surface area contributed by atoms with E-state index < -0.39 is 11.8 Å². The highest BCUT2D eigenvalue weighted by Gasteiger charge is 2.09. The maximum Gasteiger partial charge on any atom is 0.338 e. The lowest BCUT2D eigenvalue weighted by Crippen LogP contribution is -2.08. The second-order valence-electron chi connectivity index (χ2n) is 4.43. The molecule has 0 aliphatic rings. The predicted octanol–water partition coefficient (Wildman–Crippen LogP) is 3.14. The highest BCUT2D eigenvalue weighted by molar-refractivity contribution is 5.92. The lowest BCUT2D eigenvalue weighted by molar-refractivity contribution is -0.114. The van der Waals surface area contributed by atoms with Gasteiger partial charge in [0.2, 0.25) is 5.91 Å². The van der Waals surface area contributed by atoms with Crippen molar-refractivity contribution in [1.29, 1.82) is 0 Å². The van der Waals surface area contributed by atoms with E-state index in [1.54, 1.807) is 30.3 Å². The maximum absolute atomic E-state index is 13.4. The second kappa shape index (κ2) is 6.65. The van der Waals surface area contributed by atoms with E-state index in [-0.39, 0.29) is 12.5 Å². The molecule has 0 saturated heterocycles. The first-order valence-electron chi connectivity index (χ1n) is 6.34. The molecule has 0 spiro atoms. The molecule has 1 N–H and O–H groups in total. The Morgan fingerprint density at radius 3 is 2.38 bits per heavy atom. The van der Waals surface area contributed by atoms with Crippen molar-refractivity contribution in [3.63, 3.8) is 0 Å². The number of hydrogen-bond acceptors (Lipinski definition) is 3. The monoisotopic (exact) mass is 287 g/mol. The van der Waals surface area contributed by atoms with Crippen molar-refractivity contribution < 1.29 is 18.7 Å². The van der Waals surface area contributed by atoms with Crippen molar-refractivity contribution in [2.24, 2.45) is 0 Å². The summed E-state index contributed by atoms with van der Waals surface area (Å²) in [7, 11) is 0. The second-order valence-corrected chi connectivity index (χ2v) is 4.43. The number of rotatable bonds is 4. The fraction of sp³-hybridized carbons (Fsp3) is 0.125. The molecule has 0 bridgehead atoms. The van der Waals surface area contributed by atoms with Crippen molar-refractivity contribution in [3.05, 3.63) is 65.5 Å². The van der Waals surface area contributed by atoms with Gasteiger partial charge in [-0.05, 0) is 30.3 Å². The van der Waals surface area contributed by atoms with Crippen LogP contribution >= 0.6 is 0 Å². The zero-order chi connectivity index (χ0) is 15.2. The van der Waals surface area contributed by atoms with Crippen molar-refractivity contribution in [2.75, 3.05) is 5.32 Å². The number of amides is 1. The molecule has 0 unspecified atom stereocenters. The minimum atomic E-state index is -0.548. The van der Waals surface area contributed by atoms with Gasteiger partial charge >= 0.3 is 5.97 Å². The average molecular weight is 287 g/mol. The van der Waals surface area contributed by atoms with Crippen LogP contribution in [0.15, 0.2) is 48.5 Å². The molecule has 2 rings (SSSR count). The van der Waals surface area contributed by atoms with Crippen LogP contribution in [0.5, 0.6) is 0 Å². The van der Waals surface area contributed by atoms with Crippen LogP contribution in [0.3, 0.4) is 0 Å². The topological polar surface area (TPSA) is 55.4 Å². The minimum absolute atomic E-state index is 0.126. The largest absolute Gasteiger partial charge is 0.457 e. The van der Waals surface area contributed by atoms with Crippen LogP contribution in [-0.2, 0) is 16.1 Å². The summed E-state index contributed by atoms with van der Waals surface area (Å²) in [6, 6.07) is 12.4. The van der Waals surface area contributed by atoms with Crippen molar-refractivity contribution in [2.45, 2.75) is 13.5 Å². The molecule has 1 amide bonds. The van der Waals surface area contributed by atoms with Gasteiger partial charge in [-0.1, -0.05) is 18.2 Å². The van der Waals surface area contributed by atoms with E-state index in [2.05, 4.69) is 5.32 Å². The van der Waals surface area contributed by atoms with Crippen LogP contribution < -0.4 is 5.32 Å². The first kappa shape index (κ1) is 14.7. The van der Waals surface area contributed by atoms with Gasteiger partial charge in [-0.25, -0.2) is 9.18 Å². The third kappa shape index (κ3) is 4.14. The Hall–Kier alpha value is -2.69. The Bertz CT molecular complexity index is 653. The van der Waals surface area contributed by atoms with Crippen LogP contribution in [-0.4, -0.2) is 11.9 Å². The molecule has 2 aromatic rings. The van der Waals surface area contributed by atoms with Crippen LogP contribution in [0.4, 0.5) is 10.1 Å². The first-order chi connectivity index (χ1) is 10.1. The Morgan fingerprint density at radius 2 is 1.76 bits per heavy atom. The van der Waals surface area contributed by atoms with E-state index in [4.69, 9.17) is 4.74 Å². The minimum Gasteiger partial charge on any atom is -0.457 e. The van der Waals surface area contributed by atoms with Gasteiger partial charge in [-0.2, -0.15) is 0 Å². The van der Waals surface area contributed by atoms with Gasteiger partial charge in [-0.15, -0.1) is 0 Å². The zero-order valence-corrected chi connectivity index (χ0v) is 11.4. The van der Waals surface area contributed by atoms with E-state index in [9.17, 15) is 14.0 Å². The van der Waals surface area contributed by atoms with Gasteiger partial charge in [0.1, 0.15) is 12.4 Å². The number of esters is 1. The van der Waals surface area contributed by atoms with Crippen molar-refractivity contribution in [1.82, 2.24) is 0 Å². The lowest BCUT2D eigenvalue weighted by atomic mass is 10.2. The van der Waals surface area contributed by atoms with Gasteiger partial charge in [0, 0.05) is 18.2 Å². The highest BCUT2D eigenvalue weighted by atomic mass is 19.1. The molecular weight excluding hydrogens is 273 g/mol. The summed E-state index contributed by atoms with van der Waals surface area (Å²) in [6.45, 7) is 1.27. The zero-order valence-electron chi connectivity index (χ0n) is 11.4. The Morgan fingerprint density at radius 1 is 1.10 bits per heavy atom. The van der Waals surface area contributed by atoms with E-state index in [0.29, 0.717) is 16.8 Å². The molecule has 0 fully saturated rings. The Balaban J connectivity index is 1.97. The Labute approximate surface area is 121 Å². The fourth-order valence-electron chi connectivity index (χ4n) is 1.73. The van der Waals surface area contributed by atoms with Gasteiger partial charge in [0.25, 0.3) is 0 Å². The van der Waals surface area contributed by atoms with E-state index in [1.807, 2.05) is 0 Å². The molecular formula is C16H14FNO3. The quantitative estimate of drug-likeness (QED) is 0.879. The van der Waals surface area contributed by atoms with Crippen LogP contribution in [0.25, 0.3) is 0 Å². The molecule has 0 saturated carbocycles. The molecule has 0 aliphatic heterocycles. The molecule has 0 heterocycles. The van der Waals surface area contributed by atoms with E-state index in [1.165, 1.54) is 25.1 Å². The van der Waals surface area contributed by atoms with Crippen LogP contribution in [0.1, 0.15) is 22.8 Å². The number of halogens is 1. The molecule has 0 aromatic heterocycles. The van der Waals surface area contributed by atoms with Crippen LogP contribution in [0, 0.1) is 5.82 Å². The van der Waals surface area contributed by atoms with Crippen molar-refractivity contribution >= 4 is 17.6 Å². The van der Waals surface area contributed by atoms with Gasteiger partial charge < -0.3 is 10.1 Å². The molecule has 0 aliphatic carbocycles. The number of carbonyl (C=O) groups excluding carboxylic acids is 2. The molecule has 2 aromatic carbocycles. The number of anilines is 1. The first-order valence-corrected chi connectivity index (χ1v) is 6.34. The standard InChI is InChI=1S/C16H14FNO3/c1-11(19)18-14-8-6-12(7-9-14)16(20)21-10-13-4-2-3-5-15(13)17/h2-9H,10H2,1H3,(H,18,19). The highest BCUT2D eigenvalue weighted by Crippen LogP contribution is 2.13. The third-order valence-corrected chi connectivity index (χ3v) is 2.76. The van der Waals surface area contributed by atoms with Gasteiger partial charge in [0.05, 0.1) is 5.56 Å². The fourth-order valence-corrected chi connectivity index (χ4v) is 1.73. The molecule has 5 heteroatoms. The molecule has 108 valence electrons. The summed E-state index contributed by atoms with van der Waals surface area (Å²) in [4.78, 5) is 22.7. The smallest absolute Gasteiger partial charge is 0.338 e. The number of carbonyl (C=O) groups is 2. The SMILES string of the molecule is CC(=O)Nc1ccc(C(=O)OCc2ccccc2F)cc1. The number of ether oxygens (including phenoxy) is 1. The predicted molar refractivity (Wildman–Crippen MR) is 76.3 cm³/mol. The summed E-state index contributed by atoms with van der Waals surface area (Å²) >= 11 is 0. The maximum atomic E-state index is 13.4. The van der Waals surface area contributed by atoms with E-state index >= 15 is 0 Å². The van der Waals surface area contributed by atoms with Crippen LogP contribution in [0.2, 0.25) is 0 Å². The third-order valence-electron chi connectivity index (χ3n) is 2.76. The van der Waals surface area contributed by atoms with E-state index in [0.717, 1.165) is 0 Å². The number of benzene rings is 2. The summed E-state index contributed by atoms with van der Waals surface area (Å²) in [6.07, 6.45) is 0. The van der Waals surface area contributed by atoms with Crippen molar-refractivity contribution in [3.8, 4) is 0 Å². The molecule has 0 atom stereocenters. The van der Waals surface area contributed by atoms with Gasteiger partial charge in [-0.3, -0.25) is 4.79 Å². The number of hydrogen-bond donors (Lipinski definition) is 1. The summed E-state index contributed by atoms with van der Waals surface area (Å²) < 4.78 is 18.4. The lowest BCUT2D eigenvalue weighted by Gasteiger charge is -2.07.